The first kappa shape index (κ1) is 45.2. The summed E-state index contributed by atoms with van der Waals surface area (Å²) < 4.78 is 34.4. The maximum atomic E-state index is 13.0. The lowest BCUT2D eigenvalue weighted by molar-refractivity contribution is -0.238. The summed E-state index contributed by atoms with van der Waals surface area (Å²) in [5, 5.41) is 17.9. The molecule has 53 heavy (non-hydrogen) atoms. The Kier molecular flexibility index (Phi) is 20.8. The van der Waals surface area contributed by atoms with E-state index >= 15 is 0 Å². The molecule has 5 N–H and O–H groups in total. The van der Waals surface area contributed by atoms with Crippen molar-refractivity contribution in [3.05, 3.63) is 23.8 Å². The molecule has 21 heteroatoms. The van der Waals surface area contributed by atoms with E-state index in [1.165, 1.54) is 18.2 Å². The van der Waals surface area contributed by atoms with Crippen molar-refractivity contribution in [3.63, 3.8) is 0 Å². The SMILES string of the molecule is [B]C(=O)OCc1ccc(OC2CC(OC=O)[C@H](OC(C)=O)C(C(=O)O)O2)c(NC(=O)CCNC(=O)C(CCCCNC(=O)CPCOC(C)C)NS)c1. The first-order chi connectivity index (χ1) is 25.2. The minimum absolute atomic E-state index is 0.00813. The van der Waals surface area contributed by atoms with Crippen LogP contribution in [0.15, 0.2) is 18.2 Å². The van der Waals surface area contributed by atoms with Crippen molar-refractivity contribution in [2.75, 3.05) is 30.9 Å². The maximum absolute atomic E-state index is 13.0. The fourth-order valence-corrected chi connectivity index (χ4v) is 5.98. The molecule has 5 unspecified atom stereocenters. The molecule has 0 aromatic heterocycles. The number of anilines is 1. The third-order valence-corrected chi connectivity index (χ3v) is 8.54. The Morgan fingerprint density at radius 1 is 1.11 bits per heavy atom. The highest BCUT2D eigenvalue weighted by Gasteiger charge is 2.47. The quantitative estimate of drug-likeness (QED) is 0.0164. The van der Waals surface area contributed by atoms with E-state index in [0.29, 0.717) is 52.5 Å². The largest absolute Gasteiger partial charge is 0.479 e. The number of carbonyl (C=O) groups is 7. The van der Waals surface area contributed by atoms with Crippen LogP contribution in [-0.4, -0.2) is 117 Å². The van der Waals surface area contributed by atoms with Gasteiger partial charge in [0, 0.05) is 32.6 Å². The Morgan fingerprint density at radius 3 is 2.51 bits per heavy atom. The van der Waals surface area contributed by atoms with E-state index in [1.54, 1.807) is 0 Å². The van der Waals surface area contributed by atoms with E-state index < -0.39 is 54.4 Å². The van der Waals surface area contributed by atoms with E-state index in [-0.39, 0.29) is 61.8 Å². The summed E-state index contributed by atoms with van der Waals surface area (Å²) in [5.74, 6) is -4.39. The molecule has 292 valence electrons. The van der Waals surface area contributed by atoms with E-state index in [0.717, 1.165) is 6.92 Å². The monoisotopic (exact) mass is 784 g/mol. The number of unbranched alkanes of at least 4 members (excludes halogenated alkanes) is 1. The molecular weight excluding hydrogens is 738 g/mol. The molecule has 0 saturated carbocycles. The molecule has 0 aliphatic carbocycles. The number of hydrogen-bond acceptors (Lipinski definition) is 15. The van der Waals surface area contributed by atoms with Crippen molar-refractivity contribution >= 4 is 76.9 Å². The molecule has 1 aromatic carbocycles. The van der Waals surface area contributed by atoms with Crippen molar-refractivity contribution in [3.8, 4) is 5.75 Å². The number of ether oxygens (including phenoxy) is 6. The highest BCUT2D eigenvalue weighted by Crippen LogP contribution is 2.32. The van der Waals surface area contributed by atoms with Crippen molar-refractivity contribution in [2.45, 2.75) is 96.2 Å². The van der Waals surface area contributed by atoms with Crippen LogP contribution in [0, 0.1) is 0 Å². The van der Waals surface area contributed by atoms with E-state index in [4.69, 9.17) is 36.3 Å². The molecule has 6 atom stereocenters. The second-order valence-corrected chi connectivity index (χ2v) is 13.3. The zero-order valence-electron chi connectivity index (χ0n) is 29.6. The Morgan fingerprint density at radius 2 is 1.87 bits per heavy atom. The van der Waals surface area contributed by atoms with Gasteiger partial charge in [-0.15, -0.1) is 0 Å². The predicted molar refractivity (Wildman–Crippen MR) is 194 cm³/mol. The topological polar surface area (TPSA) is 243 Å². The molecule has 1 saturated heterocycles. The van der Waals surface area contributed by atoms with Gasteiger partial charge in [0.25, 0.3) is 6.47 Å². The van der Waals surface area contributed by atoms with Crippen LogP contribution in [0.5, 0.6) is 5.75 Å². The van der Waals surface area contributed by atoms with Crippen LogP contribution in [0.25, 0.3) is 0 Å². The standard InChI is InChI=1S/C32H46BN4O14PS/c1-18(2)48-17-52-15-26(41)34-10-5-4-6-21(37-53)30(42)35-11-9-25(40)36-22-12-20(14-46-32(33)45)7-8-23(22)50-27-13-24(47-16-38)28(49-19(3)39)29(51-27)31(43)44/h7-8,12,16,18,21,24,27-29,37,52-53H,4-6,9-11,13-15,17H2,1-3H3,(H,34,41)(H,35,42)(H,36,40)(H,43,44)/t21?,24?,27?,28-,29?/m0/s1. The fourth-order valence-electron chi connectivity index (χ4n) is 4.83. The molecule has 1 fully saturated rings. The van der Waals surface area contributed by atoms with Crippen LogP contribution >= 0.6 is 21.4 Å². The lowest BCUT2D eigenvalue weighted by Gasteiger charge is -2.38. The summed E-state index contributed by atoms with van der Waals surface area (Å²) in [6.45, 7) is 5.15. The lowest BCUT2D eigenvalue weighted by Crippen LogP contribution is -2.55. The van der Waals surface area contributed by atoms with Gasteiger partial charge in [0.2, 0.25) is 37.7 Å². The number of carboxylic acids is 1. The van der Waals surface area contributed by atoms with Gasteiger partial charge in [-0.3, -0.25) is 33.5 Å². The smallest absolute Gasteiger partial charge is 0.337 e. The molecule has 1 aromatic rings. The molecule has 18 nitrogen and oxygen atoms in total. The Bertz CT molecular complexity index is 1410. The third kappa shape index (κ3) is 17.6. The highest BCUT2D eigenvalue weighted by molar-refractivity contribution is 7.78. The first-order valence-corrected chi connectivity index (χ1v) is 18.5. The summed E-state index contributed by atoms with van der Waals surface area (Å²) in [6.07, 6.45) is -3.52. The van der Waals surface area contributed by atoms with Crippen molar-refractivity contribution in [1.82, 2.24) is 15.4 Å². The number of nitrogens with one attached hydrogen (secondary N) is 4. The predicted octanol–water partition coefficient (Wildman–Crippen LogP) is 1.14. The molecule has 3 amide bonds. The number of thiol groups is 1. The fraction of sp³-hybridized carbons (Fsp3) is 0.594. The Hall–Kier alpha value is -3.97. The Balaban J connectivity index is 1.97. The number of hydrogen-bond donors (Lipinski definition) is 6. The number of amides is 3. The minimum Gasteiger partial charge on any atom is -0.479 e. The van der Waals surface area contributed by atoms with E-state index in [9.17, 15) is 38.7 Å². The summed E-state index contributed by atoms with van der Waals surface area (Å²) in [4.78, 5) is 83.5. The second kappa shape index (κ2) is 24.4. The summed E-state index contributed by atoms with van der Waals surface area (Å²) in [7, 11) is 5.45. The zero-order chi connectivity index (χ0) is 39.3. The van der Waals surface area contributed by atoms with Gasteiger partial charge in [-0.1, -0.05) is 27.5 Å². The first-order valence-electron chi connectivity index (χ1n) is 16.7. The van der Waals surface area contributed by atoms with Gasteiger partial charge in [-0.25, -0.2) is 4.79 Å². The van der Waals surface area contributed by atoms with Crippen molar-refractivity contribution in [1.29, 1.82) is 0 Å². The number of carboxylic acid groups (broad SMARTS) is 1. The van der Waals surface area contributed by atoms with E-state index in [2.05, 4.69) is 33.5 Å². The number of esters is 1. The molecule has 0 spiro atoms. The van der Waals surface area contributed by atoms with Crippen LogP contribution in [0.2, 0.25) is 0 Å². The van der Waals surface area contributed by atoms with Gasteiger partial charge >= 0.3 is 11.9 Å². The van der Waals surface area contributed by atoms with Crippen molar-refractivity contribution < 1.29 is 67.1 Å². The maximum Gasteiger partial charge on any atom is 0.337 e. The molecular formula is C32H46BN4O14PS. The zero-order valence-corrected chi connectivity index (χ0v) is 31.5. The number of aliphatic carboxylic acids is 1. The summed E-state index contributed by atoms with van der Waals surface area (Å²) in [5.41, 5.74) is 0.451. The van der Waals surface area contributed by atoms with Crippen LogP contribution in [0.1, 0.15) is 58.4 Å². The van der Waals surface area contributed by atoms with Crippen LogP contribution < -0.4 is 25.4 Å². The van der Waals surface area contributed by atoms with Crippen LogP contribution in [0.3, 0.4) is 0 Å². The normalized spacial score (nSPS) is 18.8. The molecule has 2 rings (SSSR count). The molecule has 1 heterocycles. The van der Waals surface area contributed by atoms with Crippen LogP contribution in [0.4, 0.5) is 10.5 Å². The second-order valence-electron chi connectivity index (χ2n) is 11.9. The molecule has 0 bridgehead atoms. The van der Waals surface area contributed by atoms with Gasteiger partial charge in [0.1, 0.15) is 18.5 Å². The van der Waals surface area contributed by atoms with E-state index in [1.807, 2.05) is 13.8 Å². The van der Waals surface area contributed by atoms with Gasteiger partial charge in [0.05, 0.1) is 30.6 Å². The van der Waals surface area contributed by atoms with Gasteiger partial charge in [-0.05, 0) is 50.8 Å². The minimum atomic E-state index is -1.77. The third-order valence-electron chi connectivity index (χ3n) is 7.29. The summed E-state index contributed by atoms with van der Waals surface area (Å²) in [6, 6.07) is 3.63. The molecule has 1 aliphatic heterocycles. The molecule has 1 aliphatic rings. The average Bonchev–Trinajstić information content (AvgIpc) is 3.08. The number of carbonyl (C=O) groups excluding carboxylic acids is 6. The van der Waals surface area contributed by atoms with Gasteiger partial charge < -0.3 is 49.5 Å². The van der Waals surface area contributed by atoms with Gasteiger partial charge in [-0.2, -0.15) is 0 Å². The number of rotatable bonds is 24. The summed E-state index contributed by atoms with van der Waals surface area (Å²) >= 11 is 4.05. The van der Waals surface area contributed by atoms with Gasteiger partial charge in [0.15, 0.2) is 12.2 Å². The average molecular weight is 785 g/mol. The van der Waals surface area contributed by atoms with Crippen molar-refractivity contribution in [2.24, 2.45) is 0 Å². The highest BCUT2D eigenvalue weighted by atomic mass is 32.1. The Labute approximate surface area is 315 Å². The lowest BCUT2D eigenvalue weighted by atomic mass is 10.0. The van der Waals surface area contributed by atoms with Crippen LogP contribution in [-0.2, 0) is 59.1 Å². The molecule has 2 radical (unpaired) electrons. The number of benzene rings is 1.